The van der Waals surface area contributed by atoms with E-state index >= 15 is 0 Å². The summed E-state index contributed by atoms with van der Waals surface area (Å²) in [5, 5.41) is 12.4. The Balaban J connectivity index is 1.53. The van der Waals surface area contributed by atoms with Crippen LogP contribution in [0.4, 0.5) is 11.4 Å². The average Bonchev–Trinajstić information content (AvgIpc) is 2.79. The van der Waals surface area contributed by atoms with Gasteiger partial charge < -0.3 is 24.8 Å². The van der Waals surface area contributed by atoms with Crippen molar-refractivity contribution in [3.63, 3.8) is 0 Å². The Bertz CT molecular complexity index is 896. The SMILES string of the molecule is COc1cccc(NC(=O)CC(CN2CCN(c3ccccc3OC)CC2)C(=O)O)c1. The molecule has 31 heavy (non-hydrogen) atoms. The molecule has 2 aromatic rings. The number of carbonyl (C=O) groups is 2. The molecular formula is C23H29N3O5. The fourth-order valence-electron chi connectivity index (χ4n) is 3.74. The van der Waals surface area contributed by atoms with Crippen molar-refractivity contribution in [3.8, 4) is 11.5 Å². The Morgan fingerprint density at radius 1 is 1.03 bits per heavy atom. The number of ether oxygens (including phenoxy) is 2. The van der Waals surface area contributed by atoms with E-state index in [1.54, 1.807) is 38.5 Å². The van der Waals surface area contributed by atoms with E-state index in [-0.39, 0.29) is 12.3 Å². The van der Waals surface area contributed by atoms with Gasteiger partial charge in [0.25, 0.3) is 0 Å². The molecule has 1 atom stereocenters. The van der Waals surface area contributed by atoms with Gasteiger partial charge in [0.2, 0.25) is 5.91 Å². The van der Waals surface area contributed by atoms with E-state index in [0.717, 1.165) is 37.6 Å². The zero-order valence-corrected chi connectivity index (χ0v) is 17.9. The van der Waals surface area contributed by atoms with Crippen LogP contribution in [0, 0.1) is 5.92 Å². The Morgan fingerprint density at radius 3 is 2.45 bits per heavy atom. The van der Waals surface area contributed by atoms with Gasteiger partial charge in [-0.05, 0) is 24.3 Å². The number of nitrogens with zero attached hydrogens (tertiary/aromatic N) is 2. The summed E-state index contributed by atoms with van der Waals surface area (Å²) < 4.78 is 10.6. The summed E-state index contributed by atoms with van der Waals surface area (Å²) in [6, 6.07) is 14.9. The fourth-order valence-corrected chi connectivity index (χ4v) is 3.74. The maximum atomic E-state index is 12.4. The number of piperazine rings is 1. The lowest BCUT2D eigenvalue weighted by Gasteiger charge is -2.37. The molecule has 8 heteroatoms. The standard InChI is InChI=1S/C23H29N3O5/c1-30-19-7-5-6-18(15-19)24-22(27)14-17(23(28)29)16-25-10-12-26(13-11-25)20-8-3-4-9-21(20)31-2/h3-9,15,17H,10-14,16H2,1-2H3,(H,24,27)(H,28,29). The molecule has 166 valence electrons. The molecule has 1 fully saturated rings. The number of aliphatic carboxylic acids is 1. The highest BCUT2D eigenvalue weighted by Crippen LogP contribution is 2.28. The van der Waals surface area contributed by atoms with Crippen molar-refractivity contribution in [3.05, 3.63) is 48.5 Å². The van der Waals surface area contributed by atoms with Gasteiger partial charge in [-0.25, -0.2) is 0 Å². The van der Waals surface area contributed by atoms with Crippen LogP contribution >= 0.6 is 0 Å². The molecule has 2 aromatic carbocycles. The van der Waals surface area contributed by atoms with Gasteiger partial charge in [0.05, 0.1) is 25.8 Å². The summed E-state index contributed by atoms with van der Waals surface area (Å²) in [5.41, 5.74) is 1.62. The van der Waals surface area contributed by atoms with Crippen molar-refractivity contribution in [1.29, 1.82) is 0 Å². The van der Waals surface area contributed by atoms with Crippen LogP contribution in [0.1, 0.15) is 6.42 Å². The number of carboxylic acid groups (broad SMARTS) is 1. The molecule has 2 N–H and O–H groups in total. The summed E-state index contributed by atoms with van der Waals surface area (Å²) in [6.45, 7) is 3.31. The van der Waals surface area contributed by atoms with Crippen LogP contribution in [-0.4, -0.2) is 68.8 Å². The number of hydrogen-bond donors (Lipinski definition) is 2. The van der Waals surface area contributed by atoms with Crippen LogP contribution in [0.3, 0.4) is 0 Å². The third-order valence-electron chi connectivity index (χ3n) is 5.41. The molecule has 3 rings (SSSR count). The molecule has 0 saturated carbocycles. The third-order valence-corrected chi connectivity index (χ3v) is 5.41. The van der Waals surface area contributed by atoms with Gasteiger partial charge >= 0.3 is 5.97 Å². The quantitative estimate of drug-likeness (QED) is 0.635. The van der Waals surface area contributed by atoms with Crippen LogP contribution in [-0.2, 0) is 9.59 Å². The highest BCUT2D eigenvalue weighted by atomic mass is 16.5. The molecule has 0 radical (unpaired) electrons. The molecule has 0 aliphatic carbocycles. The van der Waals surface area contributed by atoms with Crippen LogP contribution in [0.25, 0.3) is 0 Å². The largest absolute Gasteiger partial charge is 0.497 e. The van der Waals surface area contributed by atoms with E-state index < -0.39 is 11.9 Å². The predicted molar refractivity (Wildman–Crippen MR) is 119 cm³/mol. The average molecular weight is 428 g/mol. The van der Waals surface area contributed by atoms with Crippen LogP contribution < -0.4 is 19.7 Å². The number of amides is 1. The maximum Gasteiger partial charge on any atom is 0.308 e. The zero-order chi connectivity index (χ0) is 22.2. The van der Waals surface area contributed by atoms with Gasteiger partial charge in [0, 0.05) is 50.9 Å². The number of benzene rings is 2. The van der Waals surface area contributed by atoms with Gasteiger partial charge in [0.1, 0.15) is 11.5 Å². The molecule has 1 heterocycles. The normalized spacial score (nSPS) is 15.2. The molecule has 0 aromatic heterocycles. The van der Waals surface area contributed by atoms with Gasteiger partial charge in [-0.15, -0.1) is 0 Å². The number of nitrogens with one attached hydrogen (secondary N) is 1. The molecule has 1 saturated heterocycles. The molecule has 8 nitrogen and oxygen atoms in total. The number of para-hydroxylation sites is 2. The fraction of sp³-hybridized carbons (Fsp3) is 0.391. The summed E-state index contributed by atoms with van der Waals surface area (Å²) in [6.07, 6.45) is -0.0841. The molecule has 1 unspecified atom stereocenters. The Kier molecular flexibility index (Phi) is 7.72. The van der Waals surface area contributed by atoms with Gasteiger partial charge in [-0.1, -0.05) is 18.2 Å². The highest BCUT2D eigenvalue weighted by molar-refractivity contribution is 5.93. The first-order chi connectivity index (χ1) is 15.0. The van der Waals surface area contributed by atoms with E-state index in [9.17, 15) is 14.7 Å². The van der Waals surface area contributed by atoms with Gasteiger partial charge in [-0.2, -0.15) is 0 Å². The summed E-state index contributed by atoms with van der Waals surface area (Å²) in [5.74, 6) is -0.612. The molecule has 1 aliphatic rings. The van der Waals surface area contributed by atoms with Crippen LogP contribution in [0.2, 0.25) is 0 Å². The van der Waals surface area contributed by atoms with Crippen molar-refractivity contribution >= 4 is 23.3 Å². The van der Waals surface area contributed by atoms with Crippen molar-refractivity contribution in [2.45, 2.75) is 6.42 Å². The van der Waals surface area contributed by atoms with E-state index in [0.29, 0.717) is 18.0 Å². The lowest BCUT2D eigenvalue weighted by Crippen LogP contribution is -2.49. The lowest BCUT2D eigenvalue weighted by atomic mass is 10.0. The summed E-state index contributed by atoms with van der Waals surface area (Å²) >= 11 is 0. The Hall–Kier alpha value is -3.26. The molecule has 1 amide bonds. The van der Waals surface area contributed by atoms with Crippen molar-refractivity contribution in [2.75, 3.05) is 57.2 Å². The van der Waals surface area contributed by atoms with Crippen molar-refractivity contribution in [1.82, 2.24) is 4.90 Å². The monoisotopic (exact) mass is 427 g/mol. The van der Waals surface area contributed by atoms with E-state index in [2.05, 4.69) is 15.1 Å². The number of carboxylic acids is 1. The lowest BCUT2D eigenvalue weighted by molar-refractivity contribution is -0.144. The molecular weight excluding hydrogens is 398 g/mol. The number of hydrogen-bond acceptors (Lipinski definition) is 6. The van der Waals surface area contributed by atoms with Crippen molar-refractivity contribution < 1.29 is 24.2 Å². The molecule has 0 bridgehead atoms. The minimum atomic E-state index is -0.965. The number of carbonyl (C=O) groups excluding carboxylic acids is 1. The Morgan fingerprint density at radius 2 is 1.77 bits per heavy atom. The second kappa shape index (κ2) is 10.7. The molecule has 1 aliphatic heterocycles. The Labute approximate surface area is 182 Å². The van der Waals surface area contributed by atoms with E-state index in [1.165, 1.54) is 0 Å². The van der Waals surface area contributed by atoms with E-state index in [4.69, 9.17) is 9.47 Å². The second-order valence-electron chi connectivity index (χ2n) is 7.48. The predicted octanol–water partition coefficient (Wildman–Crippen LogP) is 2.56. The minimum Gasteiger partial charge on any atom is -0.497 e. The van der Waals surface area contributed by atoms with Crippen LogP contribution in [0.5, 0.6) is 11.5 Å². The third kappa shape index (κ3) is 6.11. The summed E-state index contributed by atoms with van der Waals surface area (Å²) in [7, 11) is 3.21. The van der Waals surface area contributed by atoms with Crippen LogP contribution in [0.15, 0.2) is 48.5 Å². The smallest absolute Gasteiger partial charge is 0.308 e. The van der Waals surface area contributed by atoms with Crippen molar-refractivity contribution in [2.24, 2.45) is 5.92 Å². The number of methoxy groups -OCH3 is 2. The highest BCUT2D eigenvalue weighted by Gasteiger charge is 2.27. The summed E-state index contributed by atoms with van der Waals surface area (Å²) in [4.78, 5) is 28.5. The first-order valence-corrected chi connectivity index (χ1v) is 10.3. The second-order valence-corrected chi connectivity index (χ2v) is 7.48. The van der Waals surface area contributed by atoms with E-state index in [1.807, 2.05) is 24.3 Å². The number of rotatable bonds is 9. The van der Waals surface area contributed by atoms with Gasteiger partial charge in [-0.3, -0.25) is 14.5 Å². The molecule has 0 spiro atoms. The maximum absolute atomic E-state index is 12.4. The zero-order valence-electron chi connectivity index (χ0n) is 17.9. The first kappa shape index (κ1) is 22.4. The first-order valence-electron chi connectivity index (χ1n) is 10.3. The van der Waals surface area contributed by atoms with Gasteiger partial charge in [0.15, 0.2) is 0 Å². The topological polar surface area (TPSA) is 91.3 Å². The number of anilines is 2. The minimum absolute atomic E-state index is 0.0841.